The molecule has 3 heteroatoms. The Hall–Kier alpha value is -1.87. The molecule has 2 aromatic heterocycles. The summed E-state index contributed by atoms with van der Waals surface area (Å²) in [5.74, 6) is 1.51. The van der Waals surface area contributed by atoms with Crippen molar-refractivity contribution in [1.82, 2.24) is 9.55 Å². The summed E-state index contributed by atoms with van der Waals surface area (Å²) >= 11 is 1.78. The number of hydrogen-bond acceptors (Lipinski definition) is 2. The van der Waals surface area contributed by atoms with E-state index in [2.05, 4.69) is 80.0 Å². The minimum atomic E-state index is 0.474. The molecule has 0 aliphatic heterocycles. The highest BCUT2D eigenvalue weighted by Gasteiger charge is 2.17. The van der Waals surface area contributed by atoms with Gasteiger partial charge in [0, 0.05) is 35.4 Å². The predicted molar refractivity (Wildman–Crippen MR) is 102 cm³/mol. The Bertz CT molecular complexity index is 724. The molecule has 0 saturated carbocycles. The molecule has 0 N–H and O–H groups in total. The Kier molecular flexibility index (Phi) is 6.17. The second kappa shape index (κ2) is 8.11. The van der Waals surface area contributed by atoms with Crippen LogP contribution in [0.3, 0.4) is 0 Å². The summed E-state index contributed by atoms with van der Waals surface area (Å²) in [4.78, 5) is 5.86. The van der Waals surface area contributed by atoms with Gasteiger partial charge in [0.1, 0.15) is 5.82 Å². The fourth-order valence-corrected chi connectivity index (χ4v) is 3.30. The van der Waals surface area contributed by atoms with Gasteiger partial charge < -0.3 is 4.57 Å². The molecule has 0 aliphatic carbocycles. The summed E-state index contributed by atoms with van der Waals surface area (Å²) in [5, 5.41) is 2.12. The number of nitrogens with zero attached hydrogens (tertiary/aromatic N) is 2. The van der Waals surface area contributed by atoms with E-state index in [0.717, 1.165) is 5.82 Å². The zero-order chi connectivity index (χ0) is 16.8. The standard InChI is InChI=1S/C17H18N2S.C3H8/c1-12(2)13-6-4-7-14(15-8-5-11-20-15)16(13)17-18-9-10-19(17)3;1-3-2/h4-12H,1-3H3;3H2,1-2H3. The van der Waals surface area contributed by atoms with Crippen LogP contribution in [0.4, 0.5) is 0 Å². The summed E-state index contributed by atoms with van der Waals surface area (Å²) in [6.07, 6.45) is 5.12. The molecule has 0 fully saturated rings. The van der Waals surface area contributed by atoms with E-state index >= 15 is 0 Å². The summed E-state index contributed by atoms with van der Waals surface area (Å²) in [7, 11) is 2.05. The quantitative estimate of drug-likeness (QED) is 0.548. The molecule has 0 unspecified atom stereocenters. The lowest BCUT2D eigenvalue weighted by Gasteiger charge is -2.16. The molecule has 2 nitrogen and oxygen atoms in total. The van der Waals surface area contributed by atoms with Crippen molar-refractivity contribution in [1.29, 1.82) is 0 Å². The van der Waals surface area contributed by atoms with Crippen molar-refractivity contribution in [2.45, 2.75) is 40.0 Å². The second-order valence-corrected chi connectivity index (χ2v) is 6.92. The van der Waals surface area contributed by atoms with Gasteiger partial charge in [-0.15, -0.1) is 11.3 Å². The Morgan fingerprint density at radius 3 is 2.39 bits per heavy atom. The zero-order valence-electron chi connectivity index (χ0n) is 14.7. The molecular formula is C20H26N2S. The molecule has 0 spiro atoms. The minimum Gasteiger partial charge on any atom is -0.334 e. The fourth-order valence-electron chi connectivity index (χ4n) is 2.54. The predicted octanol–water partition coefficient (Wildman–Crippen LogP) is 6.36. The van der Waals surface area contributed by atoms with Gasteiger partial charge in [-0.3, -0.25) is 0 Å². The van der Waals surface area contributed by atoms with Crippen LogP contribution in [0.2, 0.25) is 0 Å². The van der Waals surface area contributed by atoms with Gasteiger partial charge in [0.2, 0.25) is 0 Å². The van der Waals surface area contributed by atoms with Gasteiger partial charge in [-0.25, -0.2) is 4.98 Å². The third kappa shape index (κ3) is 3.91. The Balaban J connectivity index is 0.000000595. The fraction of sp³-hybridized carbons (Fsp3) is 0.350. The molecule has 0 bridgehead atoms. The maximum absolute atomic E-state index is 4.57. The highest BCUT2D eigenvalue weighted by molar-refractivity contribution is 7.13. The van der Waals surface area contributed by atoms with Crippen LogP contribution in [0, 0.1) is 0 Å². The summed E-state index contributed by atoms with van der Waals surface area (Å²) in [6.45, 7) is 8.72. The monoisotopic (exact) mass is 326 g/mol. The van der Waals surface area contributed by atoms with Gasteiger partial charge in [-0.1, -0.05) is 58.4 Å². The number of hydrogen-bond donors (Lipinski definition) is 0. The van der Waals surface area contributed by atoms with E-state index in [1.807, 2.05) is 12.4 Å². The van der Waals surface area contributed by atoms with E-state index in [0.29, 0.717) is 5.92 Å². The molecular weight excluding hydrogens is 300 g/mol. The lowest BCUT2D eigenvalue weighted by molar-refractivity contribution is 0.858. The van der Waals surface area contributed by atoms with E-state index in [1.54, 1.807) is 11.3 Å². The Morgan fingerprint density at radius 2 is 1.87 bits per heavy atom. The first-order valence-corrected chi connectivity index (χ1v) is 9.12. The number of aryl methyl sites for hydroxylation is 1. The largest absolute Gasteiger partial charge is 0.334 e. The van der Waals surface area contributed by atoms with E-state index in [-0.39, 0.29) is 0 Å². The van der Waals surface area contributed by atoms with Crippen molar-refractivity contribution in [3.05, 3.63) is 53.7 Å². The molecule has 0 radical (unpaired) electrons. The van der Waals surface area contributed by atoms with E-state index in [1.165, 1.54) is 28.0 Å². The van der Waals surface area contributed by atoms with Crippen molar-refractivity contribution >= 4 is 11.3 Å². The smallest absolute Gasteiger partial charge is 0.140 e. The molecule has 0 atom stereocenters. The van der Waals surface area contributed by atoms with Crippen LogP contribution in [0.25, 0.3) is 21.8 Å². The van der Waals surface area contributed by atoms with Crippen LogP contribution >= 0.6 is 11.3 Å². The average Bonchev–Trinajstić information content (AvgIpc) is 3.18. The van der Waals surface area contributed by atoms with Crippen LogP contribution in [0.5, 0.6) is 0 Å². The van der Waals surface area contributed by atoms with Crippen LogP contribution in [-0.2, 0) is 7.05 Å². The van der Waals surface area contributed by atoms with Crippen LogP contribution in [-0.4, -0.2) is 9.55 Å². The summed E-state index contributed by atoms with van der Waals surface area (Å²) in [5.41, 5.74) is 3.89. The molecule has 0 aliphatic rings. The van der Waals surface area contributed by atoms with Crippen molar-refractivity contribution in [3.63, 3.8) is 0 Å². The second-order valence-electron chi connectivity index (χ2n) is 5.97. The third-order valence-corrected chi connectivity index (χ3v) is 4.45. The van der Waals surface area contributed by atoms with Crippen molar-refractivity contribution in [2.24, 2.45) is 7.05 Å². The van der Waals surface area contributed by atoms with Crippen molar-refractivity contribution < 1.29 is 0 Å². The first-order valence-electron chi connectivity index (χ1n) is 8.24. The summed E-state index contributed by atoms with van der Waals surface area (Å²) in [6, 6.07) is 10.8. The Labute approximate surface area is 143 Å². The highest BCUT2D eigenvalue weighted by atomic mass is 32.1. The molecule has 3 aromatic rings. The van der Waals surface area contributed by atoms with Gasteiger partial charge in [0.25, 0.3) is 0 Å². The topological polar surface area (TPSA) is 17.8 Å². The minimum absolute atomic E-state index is 0.474. The molecule has 1 aromatic carbocycles. The SMILES string of the molecule is CC(C)c1cccc(-c2cccs2)c1-c1nccn1C.CCC. The molecule has 0 amide bonds. The van der Waals surface area contributed by atoms with E-state index < -0.39 is 0 Å². The zero-order valence-corrected chi connectivity index (χ0v) is 15.5. The van der Waals surface area contributed by atoms with Crippen LogP contribution in [0.15, 0.2) is 48.1 Å². The number of benzene rings is 1. The maximum atomic E-state index is 4.57. The summed E-state index contributed by atoms with van der Waals surface area (Å²) < 4.78 is 2.10. The van der Waals surface area contributed by atoms with E-state index in [9.17, 15) is 0 Å². The first kappa shape index (κ1) is 17.5. The average molecular weight is 327 g/mol. The van der Waals surface area contributed by atoms with Gasteiger partial charge >= 0.3 is 0 Å². The molecule has 0 saturated heterocycles. The van der Waals surface area contributed by atoms with E-state index in [4.69, 9.17) is 0 Å². The number of thiophene rings is 1. The van der Waals surface area contributed by atoms with Gasteiger partial charge in [-0.2, -0.15) is 0 Å². The normalized spacial score (nSPS) is 10.5. The lowest BCUT2D eigenvalue weighted by atomic mass is 9.92. The van der Waals surface area contributed by atoms with Gasteiger partial charge in [0.15, 0.2) is 0 Å². The molecule has 3 rings (SSSR count). The maximum Gasteiger partial charge on any atom is 0.140 e. The van der Waals surface area contributed by atoms with Crippen LogP contribution < -0.4 is 0 Å². The van der Waals surface area contributed by atoms with Crippen molar-refractivity contribution in [2.75, 3.05) is 0 Å². The van der Waals surface area contributed by atoms with Crippen molar-refractivity contribution in [3.8, 4) is 21.8 Å². The first-order chi connectivity index (χ1) is 11.1. The molecule has 2 heterocycles. The molecule has 122 valence electrons. The number of aromatic nitrogens is 2. The van der Waals surface area contributed by atoms with Gasteiger partial charge in [0.05, 0.1) is 0 Å². The number of rotatable bonds is 3. The number of imidazole rings is 1. The lowest BCUT2D eigenvalue weighted by Crippen LogP contribution is -2.00. The van der Waals surface area contributed by atoms with Crippen LogP contribution in [0.1, 0.15) is 45.6 Å². The highest BCUT2D eigenvalue weighted by Crippen LogP contribution is 2.38. The van der Waals surface area contributed by atoms with Gasteiger partial charge in [-0.05, 0) is 22.9 Å². The molecule has 23 heavy (non-hydrogen) atoms. The Morgan fingerprint density at radius 1 is 1.13 bits per heavy atom. The third-order valence-electron chi connectivity index (χ3n) is 3.55.